The number of nitrogens with zero attached hydrogens (tertiary/aromatic N) is 3. The molecule has 1 aromatic heterocycles. The number of carboxylic acid groups (broad SMARTS) is 1. The third-order valence-corrected chi connectivity index (χ3v) is 3.31. The van der Waals surface area contributed by atoms with Crippen LogP contribution < -0.4 is 0 Å². The molecule has 2 heterocycles. The Labute approximate surface area is 106 Å². The maximum atomic E-state index is 11.2. The number of carbonyl (C=O) groups is 1. The van der Waals surface area contributed by atoms with E-state index < -0.39 is 12.0 Å². The number of hydrogen-bond acceptors (Lipinski definition) is 4. The summed E-state index contributed by atoms with van der Waals surface area (Å²) in [6.07, 6.45) is 4.21. The lowest BCUT2D eigenvalue weighted by Gasteiger charge is -2.35. The standard InChI is InChI=1S/C12H19N3O3/c1-3-10(12(16)17)15-4-5-18-11(8-15)9-6-13-14(2)7-9/h6-7,10-11H,3-5,8H2,1-2H3,(H,16,17). The Morgan fingerprint density at radius 3 is 3.06 bits per heavy atom. The molecule has 0 spiro atoms. The van der Waals surface area contributed by atoms with Crippen LogP contribution in [0.4, 0.5) is 0 Å². The van der Waals surface area contributed by atoms with Crippen molar-refractivity contribution in [3.63, 3.8) is 0 Å². The van der Waals surface area contributed by atoms with E-state index in [0.717, 1.165) is 5.56 Å². The number of ether oxygens (including phenoxy) is 1. The van der Waals surface area contributed by atoms with E-state index in [-0.39, 0.29) is 6.10 Å². The van der Waals surface area contributed by atoms with E-state index in [1.54, 1.807) is 10.9 Å². The molecule has 2 unspecified atom stereocenters. The van der Waals surface area contributed by atoms with Crippen molar-refractivity contribution in [3.05, 3.63) is 18.0 Å². The highest BCUT2D eigenvalue weighted by atomic mass is 16.5. The van der Waals surface area contributed by atoms with E-state index >= 15 is 0 Å². The first-order valence-corrected chi connectivity index (χ1v) is 6.18. The highest BCUT2D eigenvalue weighted by Gasteiger charge is 2.30. The van der Waals surface area contributed by atoms with Gasteiger partial charge in [-0.3, -0.25) is 14.4 Å². The summed E-state index contributed by atoms with van der Waals surface area (Å²) >= 11 is 0. The molecule has 100 valence electrons. The molecule has 0 amide bonds. The van der Waals surface area contributed by atoms with E-state index in [2.05, 4.69) is 5.10 Å². The molecular weight excluding hydrogens is 234 g/mol. The fraction of sp³-hybridized carbons (Fsp3) is 0.667. The van der Waals surface area contributed by atoms with Gasteiger partial charge in [-0.25, -0.2) is 0 Å². The molecule has 1 aromatic rings. The van der Waals surface area contributed by atoms with E-state index in [1.165, 1.54) is 0 Å². The second kappa shape index (κ2) is 5.49. The van der Waals surface area contributed by atoms with Gasteiger partial charge in [-0.05, 0) is 6.42 Å². The van der Waals surface area contributed by atoms with E-state index in [4.69, 9.17) is 4.74 Å². The van der Waals surface area contributed by atoms with Crippen LogP contribution in [0.15, 0.2) is 12.4 Å². The summed E-state index contributed by atoms with van der Waals surface area (Å²) in [5.41, 5.74) is 1.00. The van der Waals surface area contributed by atoms with Gasteiger partial charge in [-0.1, -0.05) is 6.92 Å². The zero-order chi connectivity index (χ0) is 13.1. The summed E-state index contributed by atoms with van der Waals surface area (Å²) in [6, 6.07) is -0.423. The van der Waals surface area contributed by atoms with Gasteiger partial charge in [0.1, 0.15) is 6.04 Å². The number of carboxylic acids is 1. The number of aliphatic carboxylic acids is 1. The molecule has 6 nitrogen and oxygen atoms in total. The van der Waals surface area contributed by atoms with Crippen molar-refractivity contribution in [2.45, 2.75) is 25.5 Å². The summed E-state index contributed by atoms with van der Waals surface area (Å²) in [5.74, 6) is -0.760. The molecule has 1 N–H and O–H groups in total. The monoisotopic (exact) mass is 253 g/mol. The van der Waals surface area contributed by atoms with Crippen molar-refractivity contribution in [1.29, 1.82) is 0 Å². The maximum absolute atomic E-state index is 11.2. The van der Waals surface area contributed by atoms with Crippen molar-refractivity contribution in [3.8, 4) is 0 Å². The van der Waals surface area contributed by atoms with Crippen molar-refractivity contribution in [2.24, 2.45) is 7.05 Å². The Bertz CT molecular complexity index is 418. The molecule has 18 heavy (non-hydrogen) atoms. The fourth-order valence-electron chi connectivity index (χ4n) is 2.35. The normalized spacial score (nSPS) is 22.9. The van der Waals surface area contributed by atoms with Gasteiger partial charge in [0.25, 0.3) is 0 Å². The molecule has 1 aliphatic rings. The van der Waals surface area contributed by atoms with Crippen LogP contribution in [0.2, 0.25) is 0 Å². The molecule has 1 aliphatic heterocycles. The molecule has 2 atom stereocenters. The predicted molar refractivity (Wildman–Crippen MR) is 65.2 cm³/mol. The van der Waals surface area contributed by atoms with Gasteiger partial charge in [-0.2, -0.15) is 5.10 Å². The van der Waals surface area contributed by atoms with Gasteiger partial charge in [0.05, 0.1) is 18.9 Å². The second-order valence-electron chi connectivity index (χ2n) is 4.56. The Balaban J connectivity index is 2.06. The predicted octanol–water partition coefficient (Wildman–Crippen LogP) is 0.657. The molecule has 0 saturated carbocycles. The van der Waals surface area contributed by atoms with Crippen LogP contribution in [0, 0.1) is 0 Å². The largest absolute Gasteiger partial charge is 0.480 e. The number of aromatic nitrogens is 2. The number of rotatable bonds is 4. The van der Waals surface area contributed by atoms with Gasteiger partial charge in [-0.15, -0.1) is 0 Å². The van der Waals surface area contributed by atoms with Crippen LogP contribution in [0.5, 0.6) is 0 Å². The van der Waals surface area contributed by atoms with Crippen LogP contribution in [0.3, 0.4) is 0 Å². The van der Waals surface area contributed by atoms with Gasteiger partial charge in [0, 0.05) is 31.9 Å². The first-order valence-electron chi connectivity index (χ1n) is 6.18. The van der Waals surface area contributed by atoms with Crippen LogP contribution in [0.25, 0.3) is 0 Å². The highest BCUT2D eigenvalue weighted by molar-refractivity contribution is 5.73. The summed E-state index contributed by atoms with van der Waals surface area (Å²) in [7, 11) is 1.86. The zero-order valence-electron chi connectivity index (χ0n) is 10.7. The van der Waals surface area contributed by atoms with Crippen molar-refractivity contribution < 1.29 is 14.6 Å². The van der Waals surface area contributed by atoms with E-state index in [0.29, 0.717) is 26.1 Å². The molecule has 0 radical (unpaired) electrons. The minimum atomic E-state index is -0.760. The Hall–Kier alpha value is -1.40. The van der Waals surface area contributed by atoms with Crippen LogP contribution >= 0.6 is 0 Å². The minimum Gasteiger partial charge on any atom is -0.480 e. The lowest BCUT2D eigenvalue weighted by atomic mass is 10.1. The maximum Gasteiger partial charge on any atom is 0.320 e. The van der Waals surface area contributed by atoms with Crippen LogP contribution in [-0.4, -0.2) is 51.5 Å². The number of aryl methyl sites for hydroxylation is 1. The topological polar surface area (TPSA) is 67.6 Å². The molecule has 0 aliphatic carbocycles. The number of hydrogen-bond donors (Lipinski definition) is 1. The highest BCUT2D eigenvalue weighted by Crippen LogP contribution is 2.23. The summed E-state index contributed by atoms with van der Waals surface area (Å²) < 4.78 is 7.42. The number of morpholine rings is 1. The quantitative estimate of drug-likeness (QED) is 0.853. The third-order valence-electron chi connectivity index (χ3n) is 3.31. The van der Waals surface area contributed by atoms with E-state index in [1.807, 2.05) is 25.1 Å². The van der Waals surface area contributed by atoms with E-state index in [9.17, 15) is 9.90 Å². The van der Waals surface area contributed by atoms with Crippen molar-refractivity contribution in [2.75, 3.05) is 19.7 Å². The van der Waals surface area contributed by atoms with Gasteiger partial charge in [0.2, 0.25) is 0 Å². The minimum absolute atomic E-state index is 0.0825. The lowest BCUT2D eigenvalue weighted by Crippen LogP contribution is -2.48. The SMILES string of the molecule is CCC(C(=O)O)N1CCOC(c2cnn(C)c2)C1. The molecule has 1 fully saturated rings. The van der Waals surface area contributed by atoms with Crippen molar-refractivity contribution in [1.82, 2.24) is 14.7 Å². The average molecular weight is 253 g/mol. The van der Waals surface area contributed by atoms with Crippen molar-refractivity contribution >= 4 is 5.97 Å². The Kier molecular flexibility index (Phi) is 3.98. The first-order chi connectivity index (χ1) is 8.61. The smallest absolute Gasteiger partial charge is 0.320 e. The molecule has 0 bridgehead atoms. The molecular formula is C12H19N3O3. The van der Waals surface area contributed by atoms with Gasteiger partial charge < -0.3 is 9.84 Å². The van der Waals surface area contributed by atoms with Gasteiger partial charge >= 0.3 is 5.97 Å². The fourth-order valence-corrected chi connectivity index (χ4v) is 2.35. The molecule has 2 rings (SSSR count). The van der Waals surface area contributed by atoms with Crippen LogP contribution in [0.1, 0.15) is 25.0 Å². The summed E-state index contributed by atoms with van der Waals surface area (Å²) in [4.78, 5) is 13.2. The van der Waals surface area contributed by atoms with Crippen LogP contribution in [-0.2, 0) is 16.6 Å². The molecule has 6 heteroatoms. The summed E-state index contributed by atoms with van der Waals surface area (Å²) in [6.45, 7) is 3.73. The average Bonchev–Trinajstić information content (AvgIpc) is 2.77. The third kappa shape index (κ3) is 2.70. The first kappa shape index (κ1) is 13.0. The van der Waals surface area contributed by atoms with Gasteiger partial charge in [0.15, 0.2) is 0 Å². The zero-order valence-corrected chi connectivity index (χ0v) is 10.7. The lowest BCUT2D eigenvalue weighted by molar-refractivity contribution is -0.147. The summed E-state index contributed by atoms with van der Waals surface area (Å²) in [5, 5.41) is 13.3. The Morgan fingerprint density at radius 1 is 1.72 bits per heavy atom. The molecule has 1 saturated heterocycles. The second-order valence-corrected chi connectivity index (χ2v) is 4.56. The molecule has 0 aromatic carbocycles. The Morgan fingerprint density at radius 2 is 2.50 bits per heavy atom.